The normalized spacial score (nSPS) is 11.2. The van der Waals surface area contributed by atoms with Crippen molar-refractivity contribution in [1.29, 1.82) is 5.26 Å². The van der Waals surface area contributed by atoms with Crippen LogP contribution in [0.4, 0.5) is 4.79 Å². The van der Waals surface area contributed by atoms with Crippen molar-refractivity contribution >= 4 is 23.8 Å². The number of benzene rings is 1. The number of esters is 1. The first-order valence-electron chi connectivity index (χ1n) is 6.27. The molecule has 112 valence electrons. The summed E-state index contributed by atoms with van der Waals surface area (Å²) in [7, 11) is 0. The Hall–Kier alpha value is -2.20. The van der Waals surface area contributed by atoms with Gasteiger partial charge in [-0.2, -0.15) is 17.0 Å². The van der Waals surface area contributed by atoms with Gasteiger partial charge in [-0.3, -0.25) is 0 Å². The number of nitriles is 1. The lowest BCUT2D eigenvalue weighted by atomic mass is 10.1. The number of carbonyl (C=O) groups is 2. The number of thioether (sulfide) groups is 1. The van der Waals surface area contributed by atoms with Gasteiger partial charge in [0.15, 0.2) is 0 Å². The van der Waals surface area contributed by atoms with Crippen LogP contribution in [0.3, 0.4) is 0 Å². The van der Waals surface area contributed by atoms with E-state index in [0.717, 1.165) is 5.56 Å². The maximum Gasteiger partial charge on any atom is 0.329 e. The lowest BCUT2D eigenvalue weighted by molar-refractivity contribution is -0.147. The number of hydrogen-bond donors (Lipinski definition) is 2. The molecule has 0 aliphatic heterocycles. The SMILES string of the molecule is CSCC[C@@H](NC(N)=O)C(=O)OCc1ccc(C#N)cc1. The molecular weight excluding hydrogens is 290 g/mol. The van der Waals surface area contributed by atoms with Gasteiger partial charge in [0, 0.05) is 0 Å². The molecule has 2 amide bonds. The predicted molar refractivity (Wildman–Crippen MR) is 80.5 cm³/mol. The third-order valence-electron chi connectivity index (χ3n) is 2.68. The van der Waals surface area contributed by atoms with Crippen LogP contribution in [0, 0.1) is 11.3 Å². The Morgan fingerprint density at radius 2 is 2.10 bits per heavy atom. The van der Waals surface area contributed by atoms with Gasteiger partial charge in [-0.1, -0.05) is 12.1 Å². The molecule has 0 heterocycles. The summed E-state index contributed by atoms with van der Waals surface area (Å²) < 4.78 is 5.16. The number of carbonyl (C=O) groups excluding carboxylic acids is 2. The van der Waals surface area contributed by atoms with Crippen molar-refractivity contribution in [3.63, 3.8) is 0 Å². The fourth-order valence-corrected chi connectivity index (χ4v) is 2.06. The van der Waals surface area contributed by atoms with Gasteiger partial charge in [-0.25, -0.2) is 9.59 Å². The third-order valence-corrected chi connectivity index (χ3v) is 3.32. The van der Waals surface area contributed by atoms with Gasteiger partial charge in [0.25, 0.3) is 0 Å². The van der Waals surface area contributed by atoms with Crippen LogP contribution in [0.1, 0.15) is 17.5 Å². The minimum atomic E-state index is -0.753. The van der Waals surface area contributed by atoms with E-state index >= 15 is 0 Å². The molecule has 0 bridgehead atoms. The second kappa shape index (κ2) is 8.87. The molecule has 0 spiro atoms. The van der Waals surface area contributed by atoms with E-state index in [1.807, 2.05) is 12.3 Å². The van der Waals surface area contributed by atoms with Crippen LogP contribution >= 0.6 is 11.8 Å². The molecule has 6 nitrogen and oxygen atoms in total. The van der Waals surface area contributed by atoms with E-state index in [2.05, 4.69) is 5.32 Å². The summed E-state index contributed by atoms with van der Waals surface area (Å²) in [6.07, 6.45) is 2.36. The zero-order valence-electron chi connectivity index (χ0n) is 11.7. The third kappa shape index (κ3) is 6.19. The van der Waals surface area contributed by atoms with Crippen molar-refractivity contribution in [3.05, 3.63) is 35.4 Å². The second-order valence-electron chi connectivity index (χ2n) is 4.26. The number of nitrogens with two attached hydrogens (primary N) is 1. The van der Waals surface area contributed by atoms with E-state index in [0.29, 0.717) is 17.7 Å². The van der Waals surface area contributed by atoms with Crippen molar-refractivity contribution in [2.75, 3.05) is 12.0 Å². The first kappa shape index (κ1) is 16.9. The number of urea groups is 1. The van der Waals surface area contributed by atoms with E-state index in [4.69, 9.17) is 15.7 Å². The summed E-state index contributed by atoms with van der Waals surface area (Å²) in [5.41, 5.74) is 6.36. The van der Waals surface area contributed by atoms with Crippen molar-refractivity contribution in [3.8, 4) is 6.07 Å². The Balaban J connectivity index is 2.55. The van der Waals surface area contributed by atoms with Crippen LogP contribution in [0.5, 0.6) is 0 Å². The molecule has 1 rings (SSSR count). The number of amides is 2. The Morgan fingerprint density at radius 3 is 2.62 bits per heavy atom. The standard InChI is InChI=1S/C14H17N3O3S/c1-21-7-6-12(17-14(16)19)13(18)20-9-11-4-2-10(8-15)3-5-11/h2-5,12H,6-7,9H2,1H3,(H3,16,17,19)/t12-/m1/s1. The maximum atomic E-state index is 11.9. The van der Waals surface area contributed by atoms with Gasteiger partial charge < -0.3 is 15.8 Å². The summed E-state index contributed by atoms with van der Waals surface area (Å²) in [5.74, 6) is 0.184. The van der Waals surface area contributed by atoms with Crippen LogP contribution in [0.2, 0.25) is 0 Å². The highest BCUT2D eigenvalue weighted by Gasteiger charge is 2.20. The van der Waals surface area contributed by atoms with E-state index < -0.39 is 18.0 Å². The molecule has 1 aromatic rings. The Kier molecular flexibility index (Phi) is 7.12. The number of primary amides is 1. The summed E-state index contributed by atoms with van der Waals surface area (Å²) >= 11 is 1.56. The zero-order chi connectivity index (χ0) is 15.7. The highest BCUT2D eigenvalue weighted by molar-refractivity contribution is 7.98. The molecule has 0 saturated heterocycles. The minimum absolute atomic E-state index is 0.0841. The van der Waals surface area contributed by atoms with Gasteiger partial charge in [0.1, 0.15) is 12.6 Å². The van der Waals surface area contributed by atoms with Gasteiger partial charge in [-0.05, 0) is 36.1 Å². The fourth-order valence-electron chi connectivity index (χ4n) is 1.59. The van der Waals surface area contributed by atoms with E-state index in [1.165, 1.54) is 0 Å². The molecule has 0 unspecified atom stereocenters. The Labute approximate surface area is 127 Å². The second-order valence-corrected chi connectivity index (χ2v) is 5.24. The van der Waals surface area contributed by atoms with Crippen molar-refractivity contribution < 1.29 is 14.3 Å². The van der Waals surface area contributed by atoms with Crippen LogP contribution in [-0.4, -0.2) is 30.1 Å². The van der Waals surface area contributed by atoms with Gasteiger partial charge >= 0.3 is 12.0 Å². The lowest BCUT2D eigenvalue weighted by Crippen LogP contribution is -2.44. The first-order chi connectivity index (χ1) is 10.1. The van der Waals surface area contributed by atoms with Crippen LogP contribution in [-0.2, 0) is 16.1 Å². The summed E-state index contributed by atoms with van der Waals surface area (Å²) in [6, 6.07) is 7.24. The van der Waals surface area contributed by atoms with Crippen molar-refractivity contribution in [2.24, 2.45) is 5.73 Å². The Morgan fingerprint density at radius 1 is 1.43 bits per heavy atom. The van der Waals surface area contributed by atoms with Gasteiger partial charge in [0.05, 0.1) is 11.6 Å². The number of nitrogens with one attached hydrogen (secondary N) is 1. The average Bonchev–Trinajstić information content (AvgIpc) is 2.49. The van der Waals surface area contributed by atoms with Crippen LogP contribution < -0.4 is 11.1 Å². The topological polar surface area (TPSA) is 105 Å². The minimum Gasteiger partial charge on any atom is -0.459 e. The fraction of sp³-hybridized carbons (Fsp3) is 0.357. The summed E-state index contributed by atoms with van der Waals surface area (Å²) in [5, 5.41) is 11.1. The first-order valence-corrected chi connectivity index (χ1v) is 7.66. The smallest absolute Gasteiger partial charge is 0.329 e. The molecule has 7 heteroatoms. The highest BCUT2D eigenvalue weighted by atomic mass is 32.2. The lowest BCUT2D eigenvalue weighted by Gasteiger charge is -2.16. The molecule has 0 aliphatic carbocycles. The molecule has 3 N–H and O–H groups in total. The van der Waals surface area contributed by atoms with Gasteiger partial charge in [0.2, 0.25) is 0 Å². The summed E-state index contributed by atoms with van der Waals surface area (Å²) in [4.78, 5) is 22.8. The van der Waals surface area contributed by atoms with E-state index in [-0.39, 0.29) is 6.61 Å². The molecule has 0 saturated carbocycles. The number of hydrogen-bond acceptors (Lipinski definition) is 5. The van der Waals surface area contributed by atoms with Crippen molar-refractivity contribution in [1.82, 2.24) is 5.32 Å². The molecule has 0 aliphatic rings. The largest absolute Gasteiger partial charge is 0.459 e. The molecule has 21 heavy (non-hydrogen) atoms. The molecule has 0 radical (unpaired) electrons. The Bertz CT molecular complexity index is 525. The molecule has 0 aromatic heterocycles. The molecule has 1 atom stereocenters. The number of ether oxygens (including phenoxy) is 1. The predicted octanol–water partition coefficient (Wildman–Crippen LogP) is 1.39. The maximum absolute atomic E-state index is 11.9. The van der Waals surface area contributed by atoms with Crippen LogP contribution in [0.15, 0.2) is 24.3 Å². The summed E-state index contributed by atoms with van der Waals surface area (Å²) in [6.45, 7) is 0.0841. The van der Waals surface area contributed by atoms with E-state index in [9.17, 15) is 9.59 Å². The quantitative estimate of drug-likeness (QED) is 0.741. The van der Waals surface area contributed by atoms with Gasteiger partial charge in [-0.15, -0.1) is 0 Å². The molecular formula is C14H17N3O3S. The number of rotatable bonds is 7. The molecule has 1 aromatic carbocycles. The van der Waals surface area contributed by atoms with E-state index in [1.54, 1.807) is 36.0 Å². The zero-order valence-corrected chi connectivity index (χ0v) is 12.5. The van der Waals surface area contributed by atoms with Crippen LogP contribution in [0.25, 0.3) is 0 Å². The number of nitrogens with zero attached hydrogens (tertiary/aromatic N) is 1. The monoisotopic (exact) mass is 307 g/mol. The highest BCUT2D eigenvalue weighted by Crippen LogP contribution is 2.07. The molecule has 0 fully saturated rings. The van der Waals surface area contributed by atoms with Crippen molar-refractivity contribution in [2.45, 2.75) is 19.1 Å². The average molecular weight is 307 g/mol.